The number of halogens is 2. The van der Waals surface area contributed by atoms with E-state index >= 15 is 0 Å². The first-order chi connectivity index (χ1) is 21.7. The Labute approximate surface area is 262 Å². The van der Waals surface area contributed by atoms with Crippen molar-refractivity contribution in [1.29, 1.82) is 0 Å². The number of carbonyl (C=O) groups excluding carboxylic acids is 3. The molecule has 0 atom stereocenters. The molecular weight excluding hydrogens is 576 g/mol. The number of likely N-dealkylation sites (tertiary alicyclic amines) is 2. The molecule has 1 aromatic heterocycles. The Morgan fingerprint density at radius 1 is 0.644 bits per heavy atom. The molecule has 6 rings (SSSR count). The van der Waals surface area contributed by atoms with Gasteiger partial charge in [-0.05, 0) is 86.3 Å². The number of piperidine rings is 2. The van der Waals surface area contributed by atoms with Crippen LogP contribution in [0.1, 0.15) is 43.0 Å². The maximum atomic E-state index is 13.8. The van der Waals surface area contributed by atoms with Crippen molar-refractivity contribution in [1.82, 2.24) is 24.6 Å². The van der Waals surface area contributed by atoms with Gasteiger partial charge in [0.2, 0.25) is 11.8 Å². The summed E-state index contributed by atoms with van der Waals surface area (Å²) in [4.78, 5) is 51.4. The van der Waals surface area contributed by atoms with Crippen LogP contribution in [0.3, 0.4) is 0 Å². The molecule has 0 radical (unpaired) electrons. The lowest BCUT2D eigenvalue weighted by molar-refractivity contribution is -0.141. The van der Waals surface area contributed by atoms with Gasteiger partial charge in [-0.2, -0.15) is 0 Å². The van der Waals surface area contributed by atoms with Gasteiger partial charge in [-0.3, -0.25) is 19.3 Å². The van der Waals surface area contributed by atoms with E-state index in [1.807, 2.05) is 14.7 Å². The molecule has 0 unspecified atom stereocenters. The third-order valence-electron chi connectivity index (χ3n) is 9.54. The van der Waals surface area contributed by atoms with Crippen molar-refractivity contribution in [2.45, 2.75) is 38.6 Å². The summed E-state index contributed by atoms with van der Waals surface area (Å²) in [6.45, 7) is 7.08. The van der Waals surface area contributed by atoms with E-state index in [4.69, 9.17) is 4.98 Å². The molecular formula is C35H39F2N5O3. The van der Waals surface area contributed by atoms with Crippen LogP contribution in [0, 0.1) is 17.6 Å². The molecule has 3 aliphatic rings. The van der Waals surface area contributed by atoms with Gasteiger partial charge in [-0.25, -0.2) is 13.8 Å². The van der Waals surface area contributed by atoms with Gasteiger partial charge < -0.3 is 14.7 Å². The predicted octanol–water partition coefficient (Wildman–Crippen LogP) is 4.70. The van der Waals surface area contributed by atoms with Gasteiger partial charge in [0, 0.05) is 87.9 Å². The molecule has 3 aliphatic heterocycles. The smallest absolute Gasteiger partial charge is 0.254 e. The zero-order chi connectivity index (χ0) is 31.5. The standard InChI is InChI=1S/C35H39F2N5O3/c1-24(43)39-14-10-27(11-15-39)34(44)41-16-12-31(13-17-41)40-18-20-42(21-19-40)35(45)28-22-32(25-2-6-29(36)7-3-25)38-33(23-28)26-4-8-30(37)9-5-26/h2-9,22-23,27,31H,10-21H2,1H3. The molecule has 0 saturated carbocycles. The lowest BCUT2D eigenvalue weighted by atomic mass is 9.93. The Morgan fingerprint density at radius 3 is 1.62 bits per heavy atom. The van der Waals surface area contributed by atoms with E-state index in [-0.39, 0.29) is 35.3 Å². The number of pyridine rings is 1. The highest BCUT2D eigenvalue weighted by Gasteiger charge is 2.34. The largest absolute Gasteiger partial charge is 0.343 e. The minimum Gasteiger partial charge on any atom is -0.343 e. The Kier molecular flexibility index (Phi) is 9.21. The average Bonchev–Trinajstić information content (AvgIpc) is 3.08. The molecule has 3 aromatic rings. The number of piperazine rings is 1. The Balaban J connectivity index is 1.07. The lowest BCUT2D eigenvalue weighted by Gasteiger charge is -2.43. The second-order valence-corrected chi connectivity index (χ2v) is 12.3. The minimum absolute atomic E-state index is 0.00652. The number of rotatable bonds is 5. The third kappa shape index (κ3) is 7.06. The van der Waals surface area contributed by atoms with Crippen LogP contribution in [-0.4, -0.2) is 101 Å². The molecule has 0 N–H and O–H groups in total. The highest BCUT2D eigenvalue weighted by atomic mass is 19.1. The topological polar surface area (TPSA) is 77.1 Å². The highest BCUT2D eigenvalue weighted by Crippen LogP contribution is 2.28. The van der Waals surface area contributed by atoms with Gasteiger partial charge in [-0.15, -0.1) is 0 Å². The van der Waals surface area contributed by atoms with Gasteiger partial charge in [0.05, 0.1) is 11.4 Å². The third-order valence-corrected chi connectivity index (χ3v) is 9.54. The number of nitrogens with zero attached hydrogens (tertiary/aromatic N) is 5. The van der Waals surface area contributed by atoms with Gasteiger partial charge >= 0.3 is 0 Å². The fourth-order valence-corrected chi connectivity index (χ4v) is 6.81. The summed E-state index contributed by atoms with van der Waals surface area (Å²) in [5, 5.41) is 0. The van der Waals surface area contributed by atoms with Gasteiger partial charge in [0.1, 0.15) is 11.6 Å². The van der Waals surface area contributed by atoms with Crippen molar-refractivity contribution in [2.75, 3.05) is 52.4 Å². The average molecular weight is 616 g/mol. The van der Waals surface area contributed by atoms with E-state index in [9.17, 15) is 23.2 Å². The number of aromatic nitrogens is 1. The monoisotopic (exact) mass is 615 g/mol. The van der Waals surface area contributed by atoms with E-state index in [0.717, 1.165) is 51.9 Å². The van der Waals surface area contributed by atoms with Crippen LogP contribution in [0.25, 0.3) is 22.5 Å². The summed E-state index contributed by atoms with van der Waals surface area (Å²) in [5.74, 6) is -0.497. The highest BCUT2D eigenvalue weighted by molar-refractivity contribution is 5.96. The fourth-order valence-electron chi connectivity index (χ4n) is 6.81. The van der Waals surface area contributed by atoms with Crippen molar-refractivity contribution in [3.63, 3.8) is 0 Å². The Morgan fingerprint density at radius 2 is 1.13 bits per heavy atom. The van der Waals surface area contributed by atoms with E-state index in [0.29, 0.717) is 60.3 Å². The second-order valence-electron chi connectivity index (χ2n) is 12.3. The van der Waals surface area contributed by atoms with Gasteiger partial charge in [-0.1, -0.05) is 0 Å². The van der Waals surface area contributed by atoms with E-state index in [1.54, 1.807) is 43.3 Å². The summed E-state index contributed by atoms with van der Waals surface area (Å²) < 4.78 is 27.2. The van der Waals surface area contributed by atoms with Gasteiger partial charge in [0.25, 0.3) is 5.91 Å². The number of benzene rings is 2. The summed E-state index contributed by atoms with van der Waals surface area (Å²) in [7, 11) is 0. The molecule has 2 aromatic carbocycles. The van der Waals surface area contributed by atoms with Gasteiger partial charge in [0.15, 0.2) is 0 Å². The molecule has 8 nitrogen and oxygen atoms in total. The van der Waals surface area contributed by atoms with Crippen molar-refractivity contribution >= 4 is 17.7 Å². The van der Waals surface area contributed by atoms with Crippen LogP contribution in [0.15, 0.2) is 60.7 Å². The first-order valence-electron chi connectivity index (χ1n) is 15.9. The van der Waals surface area contributed by atoms with E-state index in [2.05, 4.69) is 4.90 Å². The molecule has 10 heteroatoms. The second kappa shape index (κ2) is 13.4. The minimum atomic E-state index is -0.355. The molecule has 3 saturated heterocycles. The quantitative estimate of drug-likeness (QED) is 0.416. The number of hydrogen-bond donors (Lipinski definition) is 0. The molecule has 236 valence electrons. The van der Waals surface area contributed by atoms with E-state index < -0.39 is 0 Å². The number of hydrogen-bond acceptors (Lipinski definition) is 5. The van der Waals surface area contributed by atoms with Crippen molar-refractivity contribution < 1.29 is 23.2 Å². The normalized spacial score (nSPS) is 18.7. The van der Waals surface area contributed by atoms with E-state index in [1.165, 1.54) is 24.3 Å². The summed E-state index contributed by atoms with van der Waals surface area (Å²) in [6, 6.07) is 15.8. The van der Waals surface area contributed by atoms with Crippen LogP contribution >= 0.6 is 0 Å². The van der Waals surface area contributed by atoms with Crippen molar-refractivity contribution in [3.8, 4) is 22.5 Å². The number of carbonyl (C=O) groups is 3. The van der Waals surface area contributed by atoms with Crippen molar-refractivity contribution in [2.24, 2.45) is 5.92 Å². The molecule has 0 bridgehead atoms. The number of amides is 3. The first-order valence-corrected chi connectivity index (χ1v) is 15.9. The SMILES string of the molecule is CC(=O)N1CCC(C(=O)N2CCC(N3CCN(C(=O)c4cc(-c5ccc(F)cc5)nc(-c5ccc(F)cc5)c4)CC3)CC2)CC1. The molecule has 0 aliphatic carbocycles. The summed E-state index contributed by atoms with van der Waals surface area (Å²) >= 11 is 0. The predicted molar refractivity (Wildman–Crippen MR) is 167 cm³/mol. The molecule has 3 fully saturated rings. The van der Waals surface area contributed by atoms with Crippen LogP contribution < -0.4 is 0 Å². The Hall–Kier alpha value is -4.18. The van der Waals surface area contributed by atoms with Crippen LogP contribution in [0.2, 0.25) is 0 Å². The lowest BCUT2D eigenvalue weighted by Crippen LogP contribution is -2.55. The van der Waals surface area contributed by atoms with Crippen LogP contribution in [-0.2, 0) is 9.59 Å². The summed E-state index contributed by atoms with van der Waals surface area (Å²) in [5.41, 5.74) is 2.95. The first kappa shape index (κ1) is 30.8. The van der Waals surface area contributed by atoms with Crippen LogP contribution in [0.4, 0.5) is 8.78 Å². The molecule has 0 spiro atoms. The molecule has 3 amide bonds. The van der Waals surface area contributed by atoms with Crippen LogP contribution in [0.5, 0.6) is 0 Å². The Bertz CT molecular complexity index is 1460. The molecule has 4 heterocycles. The fraction of sp³-hybridized carbons (Fsp3) is 0.429. The summed E-state index contributed by atoms with van der Waals surface area (Å²) in [6.07, 6.45) is 3.31. The maximum absolute atomic E-state index is 13.8. The van der Waals surface area contributed by atoms with Crippen molar-refractivity contribution in [3.05, 3.63) is 77.9 Å². The zero-order valence-electron chi connectivity index (χ0n) is 25.6. The maximum Gasteiger partial charge on any atom is 0.254 e. The molecule has 45 heavy (non-hydrogen) atoms. The zero-order valence-corrected chi connectivity index (χ0v) is 25.6.